The Morgan fingerprint density at radius 3 is 2.66 bits per heavy atom. The average Bonchev–Trinajstić information content (AvgIpc) is 3.60. The molecule has 5 heteroatoms. The van der Waals surface area contributed by atoms with Crippen LogP contribution in [0.1, 0.15) is 90.9 Å². The van der Waals surface area contributed by atoms with E-state index in [1.165, 1.54) is 32.1 Å². The molecule has 0 amide bonds. The third-order valence-corrected chi connectivity index (χ3v) is 11.3. The number of ether oxygens (including phenoxy) is 1. The Morgan fingerprint density at radius 2 is 1.89 bits per heavy atom. The first-order chi connectivity index (χ1) is 16.9. The fourth-order valence-corrected chi connectivity index (χ4v) is 9.35. The highest BCUT2D eigenvalue weighted by Crippen LogP contribution is 2.66. The Bertz CT molecular complexity index is 993. The minimum absolute atomic E-state index is 0.0659. The average molecular weight is 479 g/mol. The van der Waals surface area contributed by atoms with E-state index >= 15 is 0 Å². The molecule has 0 N–H and O–H groups in total. The molecular weight excluding hydrogens is 436 g/mol. The van der Waals surface area contributed by atoms with Crippen molar-refractivity contribution in [3.05, 3.63) is 30.4 Å². The van der Waals surface area contributed by atoms with Gasteiger partial charge in [-0.25, -0.2) is 4.98 Å². The van der Waals surface area contributed by atoms with Crippen LogP contribution < -0.4 is 0 Å². The summed E-state index contributed by atoms with van der Waals surface area (Å²) in [5, 5.41) is 0. The van der Waals surface area contributed by atoms with E-state index in [2.05, 4.69) is 24.9 Å². The molecule has 4 saturated carbocycles. The first-order valence-electron chi connectivity index (χ1n) is 14.3. The van der Waals surface area contributed by atoms with Crippen molar-refractivity contribution in [1.82, 2.24) is 9.55 Å². The summed E-state index contributed by atoms with van der Waals surface area (Å²) in [4.78, 5) is 30.1. The second kappa shape index (κ2) is 8.88. The second-order valence-electron chi connectivity index (χ2n) is 12.9. The van der Waals surface area contributed by atoms with Crippen molar-refractivity contribution in [2.24, 2.45) is 40.4 Å². The van der Waals surface area contributed by atoms with Gasteiger partial charge in [-0.3, -0.25) is 9.59 Å². The van der Waals surface area contributed by atoms with Gasteiger partial charge in [0, 0.05) is 24.7 Å². The molecule has 1 aromatic rings. The summed E-state index contributed by atoms with van der Waals surface area (Å²) >= 11 is 0. The van der Waals surface area contributed by atoms with Crippen molar-refractivity contribution in [2.45, 2.75) is 104 Å². The van der Waals surface area contributed by atoms with E-state index in [1.807, 2.05) is 10.8 Å². The topological polar surface area (TPSA) is 61.2 Å². The summed E-state index contributed by atoms with van der Waals surface area (Å²) in [6.45, 7) is 5.39. The number of hydrogen-bond acceptors (Lipinski definition) is 4. The van der Waals surface area contributed by atoms with Gasteiger partial charge in [0.1, 0.15) is 6.10 Å². The first kappa shape index (κ1) is 23.5. The number of carbonyl (C=O) groups excluding carboxylic acids is 2. The number of allylic oxidation sites excluding steroid dienone is 1. The molecule has 1 heterocycles. The molecule has 5 aliphatic carbocycles. The summed E-state index contributed by atoms with van der Waals surface area (Å²) in [6.07, 6.45) is 21.3. The number of fused-ring (bicyclic) bond motifs is 5. The van der Waals surface area contributed by atoms with Crippen LogP contribution in [0.3, 0.4) is 0 Å². The maximum Gasteiger partial charge on any atom is 0.309 e. The molecule has 5 nitrogen and oxygen atoms in total. The lowest BCUT2D eigenvalue weighted by atomic mass is 9.47. The molecular formula is C30H42N2O3. The highest BCUT2D eigenvalue weighted by molar-refractivity contribution is 5.82. The molecule has 1 aromatic heterocycles. The van der Waals surface area contributed by atoms with Crippen LogP contribution in [-0.4, -0.2) is 27.4 Å². The van der Waals surface area contributed by atoms with Crippen LogP contribution in [0.15, 0.2) is 30.4 Å². The van der Waals surface area contributed by atoms with Crippen molar-refractivity contribution in [3.63, 3.8) is 0 Å². The highest BCUT2D eigenvalue weighted by atomic mass is 16.5. The van der Waals surface area contributed by atoms with Gasteiger partial charge in [-0.1, -0.05) is 38.3 Å². The van der Waals surface area contributed by atoms with Gasteiger partial charge in [0.2, 0.25) is 0 Å². The summed E-state index contributed by atoms with van der Waals surface area (Å²) in [7, 11) is 0. The third kappa shape index (κ3) is 3.92. The summed E-state index contributed by atoms with van der Waals surface area (Å²) < 4.78 is 7.98. The van der Waals surface area contributed by atoms with Gasteiger partial charge in [0.25, 0.3) is 0 Å². The molecule has 0 unspecified atom stereocenters. The number of imidazole rings is 1. The van der Waals surface area contributed by atoms with Gasteiger partial charge in [-0.15, -0.1) is 0 Å². The summed E-state index contributed by atoms with van der Waals surface area (Å²) in [5.41, 5.74) is 1.93. The number of rotatable bonds is 5. The van der Waals surface area contributed by atoms with E-state index in [0.29, 0.717) is 30.1 Å². The van der Waals surface area contributed by atoms with Crippen molar-refractivity contribution >= 4 is 11.8 Å². The lowest BCUT2D eigenvalue weighted by molar-refractivity contribution is -0.156. The Morgan fingerprint density at radius 1 is 1.06 bits per heavy atom. The molecule has 0 bridgehead atoms. The van der Waals surface area contributed by atoms with Crippen LogP contribution in [0.4, 0.5) is 0 Å². The largest absolute Gasteiger partial charge is 0.462 e. The van der Waals surface area contributed by atoms with E-state index in [9.17, 15) is 9.59 Å². The molecule has 35 heavy (non-hydrogen) atoms. The van der Waals surface area contributed by atoms with Crippen molar-refractivity contribution in [2.75, 3.05) is 0 Å². The predicted octanol–water partition coefficient (Wildman–Crippen LogP) is 6.13. The van der Waals surface area contributed by atoms with Crippen molar-refractivity contribution in [1.29, 1.82) is 0 Å². The van der Waals surface area contributed by atoms with E-state index < -0.39 is 0 Å². The zero-order valence-electron chi connectivity index (χ0n) is 21.6. The molecule has 4 fully saturated rings. The Labute approximate surface area is 210 Å². The lowest BCUT2D eigenvalue weighted by Crippen LogP contribution is -2.51. The van der Waals surface area contributed by atoms with Gasteiger partial charge >= 0.3 is 5.97 Å². The zero-order chi connectivity index (χ0) is 24.2. The molecule has 7 atom stereocenters. The second-order valence-corrected chi connectivity index (χ2v) is 12.9. The van der Waals surface area contributed by atoms with E-state index in [4.69, 9.17) is 4.74 Å². The number of esters is 1. The van der Waals surface area contributed by atoms with Crippen LogP contribution in [0.2, 0.25) is 0 Å². The predicted molar refractivity (Wildman–Crippen MR) is 134 cm³/mol. The van der Waals surface area contributed by atoms with Crippen LogP contribution in [0.25, 0.3) is 0 Å². The monoisotopic (exact) mass is 478 g/mol. The molecule has 0 spiro atoms. The molecule has 5 aliphatic rings. The van der Waals surface area contributed by atoms with Gasteiger partial charge in [0.05, 0.1) is 18.8 Å². The Kier molecular flexibility index (Phi) is 5.96. The normalized spacial score (nSPS) is 41.0. The van der Waals surface area contributed by atoms with Crippen LogP contribution >= 0.6 is 0 Å². The van der Waals surface area contributed by atoms with Crippen LogP contribution in [0.5, 0.6) is 0 Å². The molecule has 0 saturated heterocycles. The molecule has 0 radical (unpaired) electrons. The van der Waals surface area contributed by atoms with E-state index in [1.54, 1.807) is 18.1 Å². The molecule has 6 rings (SSSR count). The highest BCUT2D eigenvalue weighted by Gasteiger charge is 2.59. The maximum atomic E-state index is 13.3. The Hall–Kier alpha value is -1.91. The number of hydrogen-bond donors (Lipinski definition) is 0. The third-order valence-electron chi connectivity index (χ3n) is 11.3. The fourth-order valence-electron chi connectivity index (χ4n) is 9.35. The van der Waals surface area contributed by atoms with Crippen LogP contribution in [-0.2, 0) is 20.9 Å². The minimum atomic E-state index is 0.0659. The SMILES string of the molecule is C[C@]12CC[C@H]3[C@@H](CC=C4C[C@@H](OC(=O)C5CCCC5)CC[C@@]43C)[C@@H]1CC[C@@H]2C(=O)Cn1ccnc1. The zero-order valence-corrected chi connectivity index (χ0v) is 21.6. The van der Waals surface area contributed by atoms with E-state index in [-0.39, 0.29) is 34.7 Å². The first-order valence-corrected chi connectivity index (χ1v) is 14.3. The standard InChI is InChI=1S/C30H42N2O3/c1-29-13-11-22(35-28(34)20-5-3-4-6-20)17-21(29)7-8-23-24-9-10-26(30(24,2)14-12-25(23)29)27(33)18-32-16-15-31-19-32/h7,15-16,19-20,22-26H,3-6,8-14,17-18H2,1-2H3/t22-,23-,24-,25-,26+,29-,30-/m0/s1. The fraction of sp³-hybridized carbons (Fsp3) is 0.767. The molecule has 0 aromatic carbocycles. The molecule has 0 aliphatic heterocycles. The van der Waals surface area contributed by atoms with Gasteiger partial charge in [-0.2, -0.15) is 0 Å². The van der Waals surface area contributed by atoms with Gasteiger partial charge in [-0.05, 0) is 86.4 Å². The summed E-state index contributed by atoms with van der Waals surface area (Å²) in [5.74, 6) is 2.83. The smallest absolute Gasteiger partial charge is 0.309 e. The maximum absolute atomic E-state index is 13.3. The van der Waals surface area contributed by atoms with Crippen molar-refractivity contribution < 1.29 is 14.3 Å². The van der Waals surface area contributed by atoms with E-state index in [0.717, 1.165) is 44.9 Å². The number of nitrogens with zero attached hydrogens (tertiary/aromatic N) is 2. The minimum Gasteiger partial charge on any atom is -0.462 e. The van der Waals surface area contributed by atoms with Crippen molar-refractivity contribution in [3.8, 4) is 0 Å². The number of Topliss-reactive ketones (excluding diaryl/α,β-unsaturated/α-hetero) is 1. The number of carbonyl (C=O) groups is 2. The lowest BCUT2D eigenvalue weighted by Gasteiger charge is -2.58. The molecule has 190 valence electrons. The number of ketones is 1. The summed E-state index contributed by atoms with van der Waals surface area (Å²) in [6, 6.07) is 0. The Balaban J connectivity index is 1.15. The van der Waals surface area contributed by atoms with Crippen LogP contribution in [0, 0.1) is 40.4 Å². The van der Waals surface area contributed by atoms with Gasteiger partial charge < -0.3 is 9.30 Å². The number of aromatic nitrogens is 2. The van der Waals surface area contributed by atoms with Gasteiger partial charge in [0.15, 0.2) is 5.78 Å². The quantitative estimate of drug-likeness (QED) is 0.377.